The molecule has 0 bridgehead atoms. The maximum Gasteiger partial charge on any atom is 0.123 e. The zero-order valence-electron chi connectivity index (χ0n) is 11.8. The lowest BCUT2D eigenvalue weighted by molar-refractivity contribution is 0.600. The van der Waals surface area contributed by atoms with Gasteiger partial charge in [-0.15, -0.1) is 0 Å². The van der Waals surface area contributed by atoms with Crippen molar-refractivity contribution in [3.63, 3.8) is 0 Å². The lowest BCUT2D eigenvalue weighted by atomic mass is 10.1. The van der Waals surface area contributed by atoms with Crippen molar-refractivity contribution >= 4 is 0 Å². The predicted molar refractivity (Wildman–Crippen MR) is 80.3 cm³/mol. The van der Waals surface area contributed by atoms with Crippen molar-refractivity contribution in [2.45, 2.75) is 19.9 Å². The second kappa shape index (κ2) is 5.87. The summed E-state index contributed by atoms with van der Waals surface area (Å²) in [5.74, 6) is -0.193. The number of hydrogen-bond donors (Lipinski definition) is 0. The highest BCUT2D eigenvalue weighted by Gasteiger charge is 2.07. The zero-order valence-corrected chi connectivity index (χ0v) is 11.8. The molecule has 0 atom stereocenters. The number of aromatic nitrogens is 3. The SMILES string of the molecule is Cc1nn(CCc2cccc(F)c2)cc1-c1ccncc1. The van der Waals surface area contributed by atoms with E-state index in [4.69, 9.17) is 0 Å². The Bertz CT molecular complexity index is 735. The molecular formula is C17H16FN3. The molecule has 2 aromatic heterocycles. The second-order valence-corrected chi connectivity index (χ2v) is 5.01. The van der Waals surface area contributed by atoms with Crippen LogP contribution in [0.3, 0.4) is 0 Å². The minimum absolute atomic E-state index is 0.193. The number of hydrogen-bond acceptors (Lipinski definition) is 2. The van der Waals surface area contributed by atoms with Crippen LogP contribution in [-0.4, -0.2) is 14.8 Å². The fraction of sp³-hybridized carbons (Fsp3) is 0.176. The molecule has 3 rings (SSSR count). The monoisotopic (exact) mass is 281 g/mol. The van der Waals surface area contributed by atoms with Gasteiger partial charge in [-0.25, -0.2) is 4.39 Å². The van der Waals surface area contributed by atoms with Crippen LogP contribution in [0.15, 0.2) is 55.0 Å². The topological polar surface area (TPSA) is 30.7 Å². The first kappa shape index (κ1) is 13.5. The Morgan fingerprint density at radius 1 is 1.14 bits per heavy atom. The number of benzene rings is 1. The van der Waals surface area contributed by atoms with Crippen molar-refractivity contribution < 1.29 is 4.39 Å². The summed E-state index contributed by atoms with van der Waals surface area (Å²) in [5, 5.41) is 4.53. The van der Waals surface area contributed by atoms with Crippen LogP contribution in [0.5, 0.6) is 0 Å². The molecule has 2 heterocycles. The minimum atomic E-state index is -0.193. The molecule has 0 radical (unpaired) electrons. The normalized spacial score (nSPS) is 10.8. The highest BCUT2D eigenvalue weighted by Crippen LogP contribution is 2.21. The highest BCUT2D eigenvalue weighted by molar-refractivity contribution is 5.64. The van der Waals surface area contributed by atoms with E-state index in [2.05, 4.69) is 10.1 Å². The molecule has 0 amide bonds. The Morgan fingerprint density at radius 2 is 1.95 bits per heavy atom. The molecular weight excluding hydrogens is 265 g/mol. The third-order valence-electron chi connectivity index (χ3n) is 3.46. The molecule has 0 saturated carbocycles. The van der Waals surface area contributed by atoms with Gasteiger partial charge in [0.2, 0.25) is 0 Å². The van der Waals surface area contributed by atoms with E-state index in [1.165, 1.54) is 6.07 Å². The van der Waals surface area contributed by atoms with Crippen molar-refractivity contribution in [2.24, 2.45) is 0 Å². The molecule has 106 valence electrons. The molecule has 3 aromatic rings. The van der Waals surface area contributed by atoms with Crippen molar-refractivity contribution in [1.29, 1.82) is 0 Å². The summed E-state index contributed by atoms with van der Waals surface area (Å²) in [7, 11) is 0. The van der Waals surface area contributed by atoms with Gasteiger partial charge in [0, 0.05) is 30.7 Å². The maximum absolute atomic E-state index is 13.2. The van der Waals surface area contributed by atoms with Gasteiger partial charge in [0.1, 0.15) is 5.82 Å². The first-order valence-corrected chi connectivity index (χ1v) is 6.91. The van der Waals surface area contributed by atoms with Crippen LogP contribution in [0.1, 0.15) is 11.3 Å². The van der Waals surface area contributed by atoms with E-state index in [0.29, 0.717) is 0 Å². The van der Waals surface area contributed by atoms with Crippen LogP contribution in [0.2, 0.25) is 0 Å². The van der Waals surface area contributed by atoms with Gasteiger partial charge < -0.3 is 0 Å². The third-order valence-corrected chi connectivity index (χ3v) is 3.46. The molecule has 0 saturated heterocycles. The van der Waals surface area contributed by atoms with Gasteiger partial charge >= 0.3 is 0 Å². The van der Waals surface area contributed by atoms with Gasteiger partial charge in [0.25, 0.3) is 0 Å². The molecule has 0 aliphatic heterocycles. The largest absolute Gasteiger partial charge is 0.272 e. The third kappa shape index (κ3) is 3.16. The predicted octanol–water partition coefficient (Wildman–Crippen LogP) is 3.64. The van der Waals surface area contributed by atoms with Crippen molar-refractivity contribution in [3.8, 4) is 11.1 Å². The van der Waals surface area contributed by atoms with Crippen LogP contribution in [-0.2, 0) is 13.0 Å². The number of rotatable bonds is 4. The molecule has 0 N–H and O–H groups in total. The summed E-state index contributed by atoms with van der Waals surface area (Å²) in [6.07, 6.45) is 6.34. The quantitative estimate of drug-likeness (QED) is 0.731. The van der Waals surface area contributed by atoms with E-state index in [9.17, 15) is 4.39 Å². The molecule has 3 nitrogen and oxygen atoms in total. The van der Waals surface area contributed by atoms with Crippen molar-refractivity contribution in [3.05, 3.63) is 72.1 Å². The van der Waals surface area contributed by atoms with Gasteiger partial charge in [-0.1, -0.05) is 12.1 Å². The van der Waals surface area contributed by atoms with Crippen LogP contribution >= 0.6 is 0 Å². The van der Waals surface area contributed by atoms with Gasteiger partial charge in [0.05, 0.1) is 5.69 Å². The van der Waals surface area contributed by atoms with E-state index in [1.807, 2.05) is 36.0 Å². The fourth-order valence-corrected chi connectivity index (χ4v) is 2.38. The Labute approximate surface area is 123 Å². The molecule has 0 fully saturated rings. The van der Waals surface area contributed by atoms with Crippen LogP contribution in [0.25, 0.3) is 11.1 Å². The van der Waals surface area contributed by atoms with E-state index in [-0.39, 0.29) is 5.82 Å². The summed E-state index contributed by atoms with van der Waals surface area (Å²) in [4.78, 5) is 4.03. The van der Waals surface area contributed by atoms with Gasteiger partial charge in [-0.3, -0.25) is 9.67 Å². The summed E-state index contributed by atoms with van der Waals surface area (Å²) < 4.78 is 15.1. The van der Waals surface area contributed by atoms with Crippen LogP contribution in [0, 0.1) is 12.7 Å². The molecule has 21 heavy (non-hydrogen) atoms. The average Bonchev–Trinajstić information content (AvgIpc) is 2.87. The van der Waals surface area contributed by atoms with Crippen molar-refractivity contribution in [2.75, 3.05) is 0 Å². The molecule has 0 aliphatic carbocycles. The molecule has 0 spiro atoms. The van der Waals surface area contributed by atoms with E-state index in [0.717, 1.165) is 35.3 Å². The van der Waals surface area contributed by atoms with Gasteiger partial charge in [0.15, 0.2) is 0 Å². The maximum atomic E-state index is 13.2. The molecule has 0 unspecified atom stereocenters. The fourth-order valence-electron chi connectivity index (χ4n) is 2.38. The number of pyridine rings is 1. The first-order chi connectivity index (χ1) is 10.2. The molecule has 4 heteroatoms. The van der Waals surface area contributed by atoms with E-state index in [1.54, 1.807) is 24.5 Å². The van der Waals surface area contributed by atoms with Crippen LogP contribution in [0.4, 0.5) is 4.39 Å². The number of aryl methyl sites for hydroxylation is 3. The summed E-state index contributed by atoms with van der Waals surface area (Å²) in [6, 6.07) is 10.6. The van der Waals surface area contributed by atoms with E-state index < -0.39 is 0 Å². The van der Waals surface area contributed by atoms with Crippen molar-refractivity contribution in [1.82, 2.24) is 14.8 Å². The Hall–Kier alpha value is -2.49. The first-order valence-electron chi connectivity index (χ1n) is 6.91. The summed E-state index contributed by atoms with van der Waals surface area (Å²) >= 11 is 0. The molecule has 0 aliphatic rings. The average molecular weight is 281 g/mol. The minimum Gasteiger partial charge on any atom is -0.272 e. The van der Waals surface area contributed by atoms with Gasteiger partial charge in [-0.2, -0.15) is 5.10 Å². The summed E-state index contributed by atoms with van der Waals surface area (Å²) in [5.41, 5.74) is 4.19. The molecule has 1 aromatic carbocycles. The van der Waals surface area contributed by atoms with Crippen LogP contribution < -0.4 is 0 Å². The Morgan fingerprint density at radius 3 is 2.71 bits per heavy atom. The smallest absolute Gasteiger partial charge is 0.123 e. The number of halogens is 1. The zero-order chi connectivity index (χ0) is 14.7. The van der Waals surface area contributed by atoms with Gasteiger partial charge in [-0.05, 0) is 48.7 Å². The van der Waals surface area contributed by atoms with E-state index >= 15 is 0 Å². The standard InChI is InChI=1S/C17H16FN3/c1-13-17(15-5-8-19-9-6-15)12-21(20-13)10-7-14-3-2-4-16(18)11-14/h2-6,8-9,11-12H,7,10H2,1H3. The Balaban J connectivity index is 1.76. The second-order valence-electron chi connectivity index (χ2n) is 5.01. The highest BCUT2D eigenvalue weighted by atomic mass is 19.1. The number of nitrogens with zero attached hydrogens (tertiary/aromatic N) is 3. The lowest BCUT2D eigenvalue weighted by Gasteiger charge is -2.02. The summed E-state index contributed by atoms with van der Waals surface area (Å²) in [6.45, 7) is 2.73. The lowest BCUT2D eigenvalue weighted by Crippen LogP contribution is -2.02. The Kier molecular flexibility index (Phi) is 3.77.